The first kappa shape index (κ1) is 93.8. The monoisotopic (exact) mass is 1410 g/mol. The van der Waals surface area contributed by atoms with Crippen molar-refractivity contribution in [2.45, 2.75) is 367 Å². The largest absolute Gasteiger partial charge is 0.307 e. The molecule has 0 aliphatic carbocycles. The van der Waals surface area contributed by atoms with Gasteiger partial charge in [-0.3, -0.25) is 24.7 Å². The van der Waals surface area contributed by atoms with Gasteiger partial charge in [-0.25, -0.2) is 13.2 Å². The molecule has 0 atom stereocenters. The molecule has 7 aromatic rings. The fourth-order valence-electron chi connectivity index (χ4n) is 11.3. The minimum absolute atomic E-state index is 0.00921. The van der Waals surface area contributed by atoms with Gasteiger partial charge in [-0.15, -0.1) is 0 Å². The molecule has 5 aromatic heterocycles. The molecule has 0 aliphatic heterocycles. The molecule has 0 saturated carbocycles. The van der Waals surface area contributed by atoms with Gasteiger partial charge < -0.3 is 4.57 Å². The van der Waals surface area contributed by atoms with Crippen LogP contribution in [-0.2, 0) is 75.9 Å². The highest BCUT2D eigenvalue weighted by Gasteiger charge is 2.31. The van der Waals surface area contributed by atoms with Crippen LogP contribution in [0.25, 0.3) is 0 Å². The molecule has 0 bridgehead atoms. The lowest BCUT2D eigenvalue weighted by Gasteiger charge is -2.30. The van der Waals surface area contributed by atoms with Crippen molar-refractivity contribution < 1.29 is 13.2 Å². The van der Waals surface area contributed by atoms with Gasteiger partial charge in [-0.1, -0.05) is 312 Å². The van der Waals surface area contributed by atoms with Crippen LogP contribution in [0.3, 0.4) is 0 Å². The summed E-state index contributed by atoms with van der Waals surface area (Å²) < 4.78 is 41.4. The molecule has 0 fully saturated rings. The second-order valence-corrected chi connectivity index (χ2v) is 42.2. The third kappa shape index (κ3) is 30.5. The number of nitrogens with zero attached hydrogens (tertiary/aromatic N) is 5. The third-order valence-corrected chi connectivity index (χ3v) is 17.1. The maximum Gasteiger partial charge on any atom is 0.254 e. The normalized spacial score (nSPS) is 13.0. The van der Waals surface area contributed by atoms with Gasteiger partial charge in [0.15, 0.2) is 0 Å². The van der Waals surface area contributed by atoms with Crippen molar-refractivity contribution >= 4 is 0 Å². The Kier molecular flexibility index (Phi) is 31.6. The van der Waals surface area contributed by atoms with E-state index in [2.05, 4.69) is 319 Å². The van der Waals surface area contributed by atoms with Gasteiger partial charge >= 0.3 is 0 Å². The van der Waals surface area contributed by atoms with E-state index >= 15 is 0 Å². The smallest absolute Gasteiger partial charge is 0.254 e. The summed E-state index contributed by atoms with van der Waals surface area (Å²) in [6.07, 6.45) is 8.35. The van der Waals surface area contributed by atoms with Crippen LogP contribution in [0.5, 0.6) is 0 Å². The maximum atomic E-state index is 13.5. The van der Waals surface area contributed by atoms with Crippen LogP contribution in [0.2, 0.25) is 0 Å². The number of hydrogen-bond acceptors (Lipinski definition) is 5. The van der Waals surface area contributed by atoms with E-state index in [0.717, 1.165) is 16.8 Å². The number of halogens is 3. The van der Waals surface area contributed by atoms with E-state index < -0.39 is 5.54 Å². The first-order valence-electron chi connectivity index (χ1n) is 37.1. The first-order valence-corrected chi connectivity index (χ1v) is 37.1. The zero-order valence-electron chi connectivity index (χ0n) is 72.8. The Morgan fingerprint density at radius 3 is 0.961 bits per heavy atom. The van der Waals surface area contributed by atoms with Crippen molar-refractivity contribution in [1.29, 1.82) is 0 Å². The molecule has 0 aliphatic rings. The highest BCUT2D eigenvalue weighted by molar-refractivity contribution is 5.40. The minimum atomic E-state index is -0.404. The van der Waals surface area contributed by atoms with Crippen LogP contribution in [0.4, 0.5) is 13.2 Å². The van der Waals surface area contributed by atoms with E-state index in [-0.39, 0.29) is 93.4 Å². The summed E-state index contributed by atoms with van der Waals surface area (Å²) in [6.45, 7) is 90.4. The summed E-state index contributed by atoms with van der Waals surface area (Å²) in [5.74, 6) is -0.764. The Hall–Kier alpha value is -6.22. The molecule has 0 N–H and O–H groups in total. The van der Waals surface area contributed by atoms with E-state index in [1.165, 1.54) is 73.5 Å². The van der Waals surface area contributed by atoms with Gasteiger partial charge in [-0.05, 0) is 163 Å². The highest BCUT2D eigenvalue weighted by Crippen LogP contribution is 2.38. The summed E-state index contributed by atoms with van der Waals surface area (Å²) in [4.78, 5) is 29.9. The Labute approximate surface area is 623 Å². The van der Waals surface area contributed by atoms with Crippen LogP contribution >= 0.6 is 0 Å². The predicted molar refractivity (Wildman–Crippen MR) is 439 cm³/mol. The molecule has 9 heteroatoms. The molecule has 6 nitrogen and oxygen atoms in total. The summed E-state index contributed by atoms with van der Waals surface area (Å²) in [7, 11) is 0. The summed E-state index contributed by atoms with van der Waals surface area (Å²) in [6, 6.07) is 29.5. The number of aromatic nitrogens is 5. The van der Waals surface area contributed by atoms with Crippen LogP contribution in [0, 0.1) is 17.5 Å². The summed E-state index contributed by atoms with van der Waals surface area (Å²) in [5.41, 5.74) is 16.0. The van der Waals surface area contributed by atoms with Gasteiger partial charge in [0.2, 0.25) is 0 Å². The van der Waals surface area contributed by atoms with Crippen LogP contribution in [0.1, 0.15) is 364 Å². The van der Waals surface area contributed by atoms with Gasteiger partial charge in [0.05, 0.1) is 6.20 Å². The van der Waals surface area contributed by atoms with Gasteiger partial charge in [0.25, 0.3) is 5.56 Å². The molecule has 102 heavy (non-hydrogen) atoms. The van der Waals surface area contributed by atoms with E-state index in [9.17, 15) is 18.0 Å². The lowest BCUT2D eigenvalue weighted by Crippen LogP contribution is -2.38. The Bertz CT molecular complexity index is 3420. The SMILES string of the molecule is CC(C)(C)c1cc(F)cn(C(C)(C)C)c1=O.CC(C)(C)c1cc(F)cnc1C(C)(C)C.CC(C)(C)c1ccc(F)cc1C(C)(C)C.CC(C)(C)c1cccc(C(C)(C)C)n1.CC(C)(C)c1ccccc1C(C)(C)C.CC(C)(C)c1cccnc1C(C)(C)C.CC(C)(C)c1ccncc1C(C)(C)C. The topological polar surface area (TPSA) is 73.6 Å². The molecule has 0 spiro atoms. The molecule has 0 amide bonds. The average molecular weight is 1410 g/mol. The van der Waals surface area contributed by atoms with E-state index in [4.69, 9.17) is 4.98 Å². The average Bonchev–Trinajstić information content (AvgIpc) is 0.784. The first-order chi connectivity index (χ1) is 45.2. The third-order valence-electron chi connectivity index (χ3n) is 17.1. The second-order valence-electron chi connectivity index (χ2n) is 42.2. The van der Waals surface area contributed by atoms with Gasteiger partial charge in [0.1, 0.15) is 17.5 Å². The number of pyridine rings is 5. The van der Waals surface area contributed by atoms with Crippen molar-refractivity contribution in [3.63, 3.8) is 0 Å². The van der Waals surface area contributed by atoms with Crippen molar-refractivity contribution in [3.05, 3.63) is 223 Å². The molecule has 570 valence electrons. The Morgan fingerprint density at radius 2 is 0.618 bits per heavy atom. The quantitative estimate of drug-likeness (QED) is 0.151. The Balaban J connectivity index is 0.000000595. The zero-order valence-corrected chi connectivity index (χ0v) is 72.8. The second kappa shape index (κ2) is 34.3. The van der Waals surface area contributed by atoms with E-state index in [0.29, 0.717) is 5.56 Å². The van der Waals surface area contributed by atoms with Crippen LogP contribution < -0.4 is 5.56 Å². The minimum Gasteiger partial charge on any atom is -0.307 e. The highest BCUT2D eigenvalue weighted by atomic mass is 19.1. The van der Waals surface area contributed by atoms with Gasteiger partial charge in [-0.2, -0.15) is 0 Å². The number of hydrogen-bond donors (Lipinski definition) is 0. The lowest BCUT2D eigenvalue weighted by atomic mass is 9.75. The number of benzene rings is 2. The maximum absolute atomic E-state index is 13.5. The fourth-order valence-corrected chi connectivity index (χ4v) is 11.3. The zero-order chi connectivity index (χ0) is 80.4. The van der Waals surface area contributed by atoms with Crippen LogP contribution in [-0.4, -0.2) is 24.5 Å². The fraction of sp³-hybridized carbons (Fsp3) is 0.602. The molecule has 5 heterocycles. The van der Waals surface area contributed by atoms with Crippen molar-refractivity contribution in [2.75, 3.05) is 0 Å². The van der Waals surface area contributed by atoms with E-state index in [1.54, 1.807) is 18.2 Å². The van der Waals surface area contributed by atoms with Crippen molar-refractivity contribution in [1.82, 2.24) is 24.5 Å². The van der Waals surface area contributed by atoms with E-state index in [1.807, 2.05) is 72.3 Å². The Morgan fingerprint density at radius 1 is 0.275 bits per heavy atom. The number of rotatable bonds is 0. The molecular weight excluding hydrogens is 1260 g/mol. The molecule has 0 saturated heterocycles. The molecule has 0 radical (unpaired) electrons. The lowest BCUT2D eigenvalue weighted by molar-refractivity contribution is 0.368. The van der Waals surface area contributed by atoms with Gasteiger partial charge in [0, 0.05) is 80.3 Å². The van der Waals surface area contributed by atoms with Crippen LogP contribution in [0.15, 0.2) is 127 Å². The predicted octanol–water partition coefficient (Wildman–Crippen LogP) is 26.6. The molecule has 2 aromatic carbocycles. The summed E-state index contributed by atoms with van der Waals surface area (Å²) >= 11 is 0. The van der Waals surface area contributed by atoms with Crippen molar-refractivity contribution in [2.24, 2.45) is 0 Å². The standard InChI is InChI=1S/C14H21F.C14H22.C13H20FNO.C13H20FN.3C13H21N/c1-13(2,3)11-8-7-10(15)9-12(11)14(4,5)6;1-13(2,3)11-9-7-8-10-12(11)14(4,5)6;1-12(2,3)10-7-9(14)8-15(11(10)16)13(4,5)6;1-12(2,3)10-7-9(14)8-15-11(10)13(4,5)6;1-12(2,3)10-7-8-14-9-11(10)13(4,5)6;1-12(2,3)10-8-7-9-14-11(10)13(4,5)6;1-12(2,3)10-8-7-9-11(14-10)13(4,5)6/h7-9H,1-6H3;7-10H,1-6H3;7-8H,1-6H3;7-8H,1-6H3;3*7-9H,1-6H3. The summed E-state index contributed by atoms with van der Waals surface area (Å²) in [5, 5.41) is 0. The molecular formula is C93H146F3N5O. The van der Waals surface area contributed by atoms with Crippen molar-refractivity contribution in [3.8, 4) is 0 Å². The molecule has 7 rings (SSSR count). The molecule has 0 unspecified atom stereocenters.